The molecule has 9 atom stereocenters. The maximum atomic E-state index is 11.9. The minimum atomic E-state index is -1.12. The number of fused-ring (bicyclic) bond motifs is 4. The Morgan fingerprint density at radius 3 is 2.72 bits per heavy atom. The van der Waals surface area contributed by atoms with E-state index in [0.29, 0.717) is 5.92 Å². The third-order valence-electron chi connectivity index (χ3n) is 8.44. The molecule has 3 spiro atoms. The van der Waals surface area contributed by atoms with Gasteiger partial charge in [-0.1, -0.05) is 13.8 Å². The molecule has 25 heavy (non-hydrogen) atoms. The molecule has 4 aliphatic heterocycles. The summed E-state index contributed by atoms with van der Waals surface area (Å²) in [7, 11) is 0. The van der Waals surface area contributed by atoms with Crippen LogP contribution in [0.15, 0.2) is 0 Å². The normalized spacial score (nSPS) is 64.4. The molecule has 0 aromatic carbocycles. The van der Waals surface area contributed by atoms with Gasteiger partial charge in [-0.05, 0) is 32.1 Å². The maximum Gasteiger partial charge on any atom is 0.323 e. The first-order valence-electron chi connectivity index (χ1n) is 9.53. The Labute approximate surface area is 146 Å². The van der Waals surface area contributed by atoms with Crippen molar-refractivity contribution in [2.45, 2.75) is 70.5 Å². The van der Waals surface area contributed by atoms with E-state index < -0.39 is 18.0 Å². The number of rotatable bonds is 0. The smallest absolute Gasteiger partial charge is 0.323 e. The molecule has 7 rings (SSSR count). The molecule has 4 saturated heterocycles. The van der Waals surface area contributed by atoms with Gasteiger partial charge in [-0.15, -0.1) is 0 Å². The van der Waals surface area contributed by atoms with Crippen molar-refractivity contribution in [3.63, 3.8) is 0 Å². The van der Waals surface area contributed by atoms with Crippen LogP contribution in [0, 0.1) is 28.6 Å². The summed E-state index contributed by atoms with van der Waals surface area (Å²) in [5.74, 6) is -1.47. The Hall–Kier alpha value is -0.730. The van der Waals surface area contributed by atoms with E-state index in [-0.39, 0.29) is 41.3 Å². The fourth-order valence-electron chi connectivity index (χ4n) is 7.24. The van der Waals surface area contributed by atoms with E-state index in [9.17, 15) is 4.79 Å². The molecule has 7 heteroatoms. The number of hydrogen-bond donors (Lipinski definition) is 1. The summed E-state index contributed by atoms with van der Waals surface area (Å²) in [5, 5.41) is 3.19. The van der Waals surface area contributed by atoms with Crippen molar-refractivity contribution in [3.05, 3.63) is 0 Å². The summed E-state index contributed by atoms with van der Waals surface area (Å²) < 4.78 is 18.4. The van der Waals surface area contributed by atoms with Gasteiger partial charge < -0.3 is 9.47 Å². The van der Waals surface area contributed by atoms with E-state index in [1.807, 2.05) is 6.92 Å². The summed E-state index contributed by atoms with van der Waals surface area (Å²) in [4.78, 5) is 23.8. The quantitative estimate of drug-likeness (QED) is 0.525. The summed E-state index contributed by atoms with van der Waals surface area (Å²) in [5.41, 5.74) is -0.131. The van der Waals surface area contributed by atoms with Gasteiger partial charge in [-0.25, -0.2) is 15.1 Å². The first kappa shape index (κ1) is 15.3. The molecule has 0 aromatic rings. The van der Waals surface area contributed by atoms with Crippen LogP contribution in [0.5, 0.6) is 0 Å². The van der Waals surface area contributed by atoms with Crippen molar-refractivity contribution in [3.8, 4) is 0 Å². The molecule has 3 aliphatic carbocycles. The number of carbonyl (C=O) groups excluding carboxylic acids is 1. The average molecular weight is 351 g/mol. The first-order valence-corrected chi connectivity index (χ1v) is 9.53. The average Bonchev–Trinajstić information content (AvgIpc) is 2.79. The van der Waals surface area contributed by atoms with E-state index in [0.717, 1.165) is 25.7 Å². The van der Waals surface area contributed by atoms with E-state index in [2.05, 4.69) is 19.2 Å². The number of nitrogens with one attached hydrogen (secondary N) is 1. The van der Waals surface area contributed by atoms with Crippen LogP contribution in [0.4, 0.5) is 0 Å². The molecule has 0 amide bonds. The van der Waals surface area contributed by atoms with Crippen molar-refractivity contribution in [2.75, 3.05) is 6.54 Å². The van der Waals surface area contributed by atoms with E-state index >= 15 is 0 Å². The lowest BCUT2D eigenvalue weighted by Gasteiger charge is -2.78. The fourth-order valence-corrected chi connectivity index (χ4v) is 7.24. The second-order valence-electron chi connectivity index (χ2n) is 9.16. The van der Waals surface area contributed by atoms with Crippen LogP contribution in [0.2, 0.25) is 0 Å². The summed E-state index contributed by atoms with van der Waals surface area (Å²) >= 11 is 0. The molecule has 0 aromatic heterocycles. The zero-order valence-electron chi connectivity index (χ0n) is 14.9. The van der Waals surface area contributed by atoms with Crippen LogP contribution in [0.1, 0.15) is 46.5 Å². The Bertz CT molecular complexity index is 672. The number of carbonyl (C=O) groups is 1. The molecular formula is C18H25NO6. The minimum absolute atomic E-state index is 0.00106. The summed E-state index contributed by atoms with van der Waals surface area (Å²) in [6.45, 7) is 6.52. The Balaban J connectivity index is 1.54. The molecular weight excluding hydrogens is 326 g/mol. The van der Waals surface area contributed by atoms with Crippen LogP contribution >= 0.6 is 0 Å². The van der Waals surface area contributed by atoms with Gasteiger partial charge in [0.25, 0.3) is 5.91 Å². The number of hydrogen-bond acceptors (Lipinski definition) is 7. The van der Waals surface area contributed by atoms with Crippen LogP contribution in [0.3, 0.4) is 0 Å². The van der Waals surface area contributed by atoms with Crippen LogP contribution in [-0.4, -0.2) is 36.6 Å². The number of ether oxygens (including phenoxy) is 3. The summed E-state index contributed by atoms with van der Waals surface area (Å²) in [6.07, 6.45) is 3.51. The van der Waals surface area contributed by atoms with Gasteiger partial charge in [-0.3, -0.25) is 9.53 Å². The lowest BCUT2D eigenvalue weighted by Crippen LogP contribution is -2.84. The van der Waals surface area contributed by atoms with Gasteiger partial charge in [0, 0.05) is 29.1 Å². The van der Waals surface area contributed by atoms with Crippen molar-refractivity contribution in [2.24, 2.45) is 28.6 Å². The zero-order chi connectivity index (χ0) is 17.2. The first-order chi connectivity index (χ1) is 11.9. The van der Waals surface area contributed by atoms with E-state index in [4.69, 9.17) is 24.0 Å². The van der Waals surface area contributed by atoms with E-state index in [1.54, 1.807) is 0 Å². The van der Waals surface area contributed by atoms with Gasteiger partial charge in [0.15, 0.2) is 6.29 Å². The Morgan fingerprint density at radius 2 is 1.96 bits per heavy atom. The Morgan fingerprint density at radius 1 is 1.12 bits per heavy atom. The SMILES string of the molecule is C[C@@H]1CCC23C4OOC5(C)CCC41C2[C@@H](O5)OC1(NCC(=O)O1)[C@@H]3C. The summed E-state index contributed by atoms with van der Waals surface area (Å²) in [6, 6.07) is 0. The van der Waals surface area contributed by atoms with Crippen molar-refractivity contribution >= 4 is 5.97 Å². The standard InChI is InChI=1S/C18H25NO6/c1-9-4-5-17-10(2)18(19-8-11(20)21-18)23-13-12(17)16(9)7-6-15(3,22-13)25-24-14(16)17/h9-10,12-14,19H,4-8H2,1-3H3/t9-,10-,12?,13+,14?,15?,16?,17?,18?/m1/s1. The topological polar surface area (TPSA) is 75.3 Å². The van der Waals surface area contributed by atoms with Crippen LogP contribution in [0.25, 0.3) is 0 Å². The predicted molar refractivity (Wildman–Crippen MR) is 82.3 cm³/mol. The molecule has 6 unspecified atom stereocenters. The lowest BCUT2D eigenvalue weighted by atomic mass is 9.30. The molecule has 0 radical (unpaired) electrons. The van der Waals surface area contributed by atoms with Gasteiger partial charge in [0.2, 0.25) is 5.79 Å². The Kier molecular flexibility index (Phi) is 2.59. The highest BCUT2D eigenvalue weighted by Gasteiger charge is 2.86. The monoisotopic (exact) mass is 351 g/mol. The van der Waals surface area contributed by atoms with Crippen LogP contribution < -0.4 is 5.32 Å². The highest BCUT2D eigenvalue weighted by Crippen LogP contribution is 2.80. The molecule has 3 bridgehead atoms. The predicted octanol–water partition coefficient (Wildman–Crippen LogP) is 1.67. The molecule has 7 fully saturated rings. The van der Waals surface area contributed by atoms with Crippen molar-refractivity contribution in [1.29, 1.82) is 0 Å². The second kappa shape index (κ2) is 4.22. The maximum absolute atomic E-state index is 11.9. The largest absolute Gasteiger partial charge is 0.417 e. The lowest BCUT2D eigenvalue weighted by molar-refractivity contribution is -0.573. The second-order valence-corrected chi connectivity index (χ2v) is 9.16. The zero-order valence-corrected chi connectivity index (χ0v) is 14.9. The van der Waals surface area contributed by atoms with Gasteiger partial charge in [0.05, 0.1) is 6.54 Å². The molecule has 1 N–H and O–H groups in total. The number of esters is 1. The van der Waals surface area contributed by atoms with E-state index in [1.165, 1.54) is 0 Å². The van der Waals surface area contributed by atoms with Gasteiger partial charge >= 0.3 is 5.97 Å². The third kappa shape index (κ3) is 1.45. The van der Waals surface area contributed by atoms with Crippen LogP contribution in [-0.2, 0) is 28.8 Å². The van der Waals surface area contributed by atoms with Crippen molar-refractivity contribution in [1.82, 2.24) is 5.32 Å². The highest BCUT2D eigenvalue weighted by molar-refractivity contribution is 5.74. The fraction of sp³-hybridized carbons (Fsp3) is 0.944. The highest BCUT2D eigenvalue weighted by atomic mass is 17.2. The third-order valence-corrected chi connectivity index (χ3v) is 8.44. The molecule has 4 heterocycles. The van der Waals surface area contributed by atoms with Gasteiger partial charge in [-0.2, -0.15) is 0 Å². The minimum Gasteiger partial charge on any atom is -0.417 e. The van der Waals surface area contributed by atoms with Gasteiger partial charge in [0.1, 0.15) is 6.10 Å². The molecule has 138 valence electrons. The molecule has 3 saturated carbocycles. The molecule has 7 nitrogen and oxygen atoms in total. The van der Waals surface area contributed by atoms with Crippen molar-refractivity contribution < 1.29 is 28.8 Å². The molecule has 7 aliphatic rings.